The highest BCUT2D eigenvalue weighted by molar-refractivity contribution is 7.88. The molecule has 1 aromatic rings. The zero-order chi connectivity index (χ0) is 27.9. The second-order valence-corrected chi connectivity index (χ2v) is 10.4. The number of nitrogens with zero attached hydrogens (tertiary/aromatic N) is 2. The largest absolute Gasteiger partial charge is 0.741 e. The summed E-state index contributed by atoms with van der Waals surface area (Å²) in [4.78, 5) is 1.78. The summed E-state index contributed by atoms with van der Waals surface area (Å²) in [6.07, 6.45) is 0. The average molecular weight is 564 g/mol. The van der Waals surface area contributed by atoms with E-state index in [9.17, 15) is 34.8 Å². The molecule has 0 amide bonds. The lowest BCUT2D eigenvalue weighted by molar-refractivity contribution is -0.0518. The van der Waals surface area contributed by atoms with E-state index in [4.69, 9.17) is 17.4 Å². The van der Waals surface area contributed by atoms with E-state index in [2.05, 4.69) is 4.18 Å². The molecule has 0 atom stereocenters. The Morgan fingerprint density at radius 2 is 1.47 bits per heavy atom. The first kappa shape index (κ1) is 29.2. The molecule has 0 aromatic heterocycles. The van der Waals surface area contributed by atoms with Gasteiger partial charge in [-0.25, -0.2) is 13.0 Å². The Bertz CT molecular complexity index is 1520. The number of hydrogen-bond acceptors (Lipinski definition) is 8. The molecule has 17 heteroatoms. The first-order chi connectivity index (χ1) is 16.2. The maximum atomic E-state index is 12.9. The lowest BCUT2D eigenvalue weighted by atomic mass is 10.1. The third kappa shape index (κ3) is 6.38. The van der Waals surface area contributed by atoms with Gasteiger partial charge >= 0.3 is 21.1 Å². The minimum Gasteiger partial charge on any atom is -0.741 e. The molecule has 0 spiro atoms. The van der Waals surface area contributed by atoms with Gasteiger partial charge in [0.25, 0.3) is 0 Å². The fourth-order valence-electron chi connectivity index (χ4n) is 2.63. The van der Waals surface area contributed by atoms with Crippen LogP contribution in [0.15, 0.2) is 40.8 Å². The van der Waals surface area contributed by atoms with Crippen molar-refractivity contribution >= 4 is 36.9 Å². The van der Waals surface area contributed by atoms with Crippen molar-refractivity contribution in [2.24, 2.45) is 0 Å². The molecule has 9 nitrogen and oxygen atoms in total. The lowest BCUT2D eigenvalue weighted by Gasteiger charge is -2.18. The predicted octanol–water partition coefficient (Wildman–Crippen LogP) is 2.92. The van der Waals surface area contributed by atoms with Crippen LogP contribution < -0.4 is 19.0 Å². The van der Waals surface area contributed by atoms with Gasteiger partial charge in [0.15, 0.2) is 15.9 Å². The summed E-state index contributed by atoms with van der Waals surface area (Å²) in [6, 6.07) is 9.40. The van der Waals surface area contributed by atoms with Crippen LogP contribution in [0.1, 0.15) is 0 Å². The van der Waals surface area contributed by atoms with Crippen molar-refractivity contribution in [2.75, 3.05) is 33.1 Å². The van der Waals surface area contributed by atoms with Crippen LogP contribution in [0.4, 0.5) is 32.0 Å². The van der Waals surface area contributed by atoms with E-state index in [0.29, 0.717) is 0 Å². The van der Waals surface area contributed by atoms with Crippen LogP contribution >= 0.6 is 0 Å². The molecule has 0 N–H and O–H groups in total. The number of rotatable bonds is 3. The third-order valence-electron chi connectivity index (χ3n) is 4.43. The van der Waals surface area contributed by atoms with Crippen LogP contribution in [0.3, 0.4) is 0 Å². The maximum Gasteiger partial charge on any atom is 0.534 e. The standard InChI is InChI=1S/C18H18F3N2O4S.CHF3O3S/c1-22(2)11-5-7-13-15(9-11)26-16-10-12(23(3)4)6-8-14(16)17(13)27-28(24,25)18(19,20)21;2-1(3,4)8(5,6)7/h5-10H,1-4H3;(H,5,6,7)/q+1;/p-1. The molecule has 1 aromatic carbocycles. The zero-order valence-electron chi connectivity index (χ0n) is 18.8. The van der Waals surface area contributed by atoms with Gasteiger partial charge in [0.1, 0.15) is 25.4 Å². The van der Waals surface area contributed by atoms with E-state index in [1.165, 1.54) is 12.1 Å². The van der Waals surface area contributed by atoms with Gasteiger partial charge in [-0.3, -0.25) is 0 Å². The van der Waals surface area contributed by atoms with Gasteiger partial charge in [-0.2, -0.15) is 34.8 Å². The van der Waals surface area contributed by atoms with Crippen molar-refractivity contribution in [3.8, 4) is 17.1 Å². The summed E-state index contributed by atoms with van der Waals surface area (Å²) in [5, 5.41) is 0.840. The molecule has 200 valence electrons. The number of hydrogen-bond donors (Lipinski definition) is 0. The fraction of sp³-hybridized carbons (Fsp3) is 0.316. The molecule has 3 rings (SSSR count). The Labute approximate surface area is 201 Å². The van der Waals surface area contributed by atoms with Crippen molar-refractivity contribution in [1.29, 1.82) is 0 Å². The van der Waals surface area contributed by atoms with Crippen molar-refractivity contribution in [3.63, 3.8) is 0 Å². The van der Waals surface area contributed by atoms with E-state index >= 15 is 0 Å². The van der Waals surface area contributed by atoms with E-state index < -0.39 is 37.0 Å². The van der Waals surface area contributed by atoms with Crippen molar-refractivity contribution in [3.05, 3.63) is 41.8 Å². The molecule has 0 unspecified atom stereocenters. The quantitative estimate of drug-likeness (QED) is 0.119. The number of fused-ring (bicyclic) bond motifs is 2. The van der Waals surface area contributed by atoms with Crippen LogP contribution in [0.5, 0.6) is 5.75 Å². The van der Waals surface area contributed by atoms with E-state index in [1.54, 1.807) is 61.9 Å². The average Bonchev–Trinajstić information content (AvgIpc) is 2.70. The second kappa shape index (κ2) is 9.78. The number of alkyl halides is 6. The molecule has 1 aliphatic heterocycles. The normalized spacial score (nSPS) is 12.8. The van der Waals surface area contributed by atoms with Crippen LogP contribution in [0, 0.1) is 0 Å². The first-order valence-electron chi connectivity index (χ1n) is 9.37. The monoisotopic (exact) mass is 564 g/mol. The van der Waals surface area contributed by atoms with Crippen LogP contribution in [0.25, 0.3) is 22.3 Å². The van der Waals surface area contributed by atoms with Gasteiger partial charge in [-0.15, -0.1) is 0 Å². The highest BCUT2D eigenvalue weighted by Gasteiger charge is 2.49. The SMILES string of the molecule is CN(C)c1ccc2c(OS(=O)(=O)C(F)(F)F)c3ccc(=[N+](C)C)cc-3oc2c1.O=S(=O)([O-])C(F)(F)F. The highest BCUT2D eigenvalue weighted by atomic mass is 32.2. The molecule has 0 saturated heterocycles. The predicted molar refractivity (Wildman–Crippen MR) is 116 cm³/mol. The van der Waals surface area contributed by atoms with Crippen molar-refractivity contribution in [1.82, 2.24) is 4.58 Å². The molecular weight excluding hydrogens is 546 g/mol. The number of halogens is 6. The Morgan fingerprint density at radius 3 is 1.92 bits per heavy atom. The number of benzene rings is 2. The highest BCUT2D eigenvalue weighted by Crippen LogP contribution is 2.42. The Hall–Kier alpha value is -3.05. The molecule has 2 aliphatic rings. The van der Waals surface area contributed by atoms with Gasteiger partial charge in [-0.1, -0.05) is 0 Å². The number of anilines is 1. The third-order valence-corrected chi connectivity index (χ3v) is 5.95. The first-order valence-corrected chi connectivity index (χ1v) is 12.2. The van der Waals surface area contributed by atoms with Gasteiger partial charge in [0, 0.05) is 31.9 Å². The fourth-order valence-corrected chi connectivity index (χ4v) is 3.13. The topological polar surface area (TPSA) is 120 Å². The minimum atomic E-state index is -6.09. The molecule has 36 heavy (non-hydrogen) atoms. The summed E-state index contributed by atoms with van der Waals surface area (Å²) >= 11 is 0. The summed E-state index contributed by atoms with van der Waals surface area (Å²) in [7, 11) is -4.78. The lowest BCUT2D eigenvalue weighted by Crippen LogP contribution is -2.28. The molecule has 0 bridgehead atoms. The molecule has 0 fully saturated rings. The minimum absolute atomic E-state index is 0.114. The second-order valence-electron chi connectivity index (χ2n) is 7.46. The summed E-state index contributed by atoms with van der Waals surface area (Å²) in [6.45, 7) is 0. The summed E-state index contributed by atoms with van der Waals surface area (Å²) < 4.78 is 133. The Kier molecular flexibility index (Phi) is 7.93. The smallest absolute Gasteiger partial charge is 0.534 e. The van der Waals surface area contributed by atoms with E-state index in [0.717, 1.165) is 11.0 Å². The Morgan fingerprint density at radius 1 is 0.917 bits per heavy atom. The van der Waals surface area contributed by atoms with Gasteiger partial charge in [0.2, 0.25) is 5.36 Å². The summed E-state index contributed by atoms with van der Waals surface area (Å²) in [5.74, 6) is -0.230. The molecule has 0 radical (unpaired) electrons. The van der Waals surface area contributed by atoms with E-state index in [-0.39, 0.29) is 22.3 Å². The van der Waals surface area contributed by atoms with Gasteiger partial charge in [0.05, 0.1) is 17.0 Å². The van der Waals surface area contributed by atoms with Gasteiger partial charge in [-0.05, 0) is 18.2 Å². The van der Waals surface area contributed by atoms with Crippen LogP contribution in [-0.2, 0) is 20.2 Å². The van der Waals surface area contributed by atoms with Gasteiger partial charge < -0.3 is 18.1 Å². The Balaban J connectivity index is 0.000000493. The van der Waals surface area contributed by atoms with Crippen LogP contribution in [0.2, 0.25) is 0 Å². The molecule has 0 saturated carbocycles. The van der Waals surface area contributed by atoms with Crippen LogP contribution in [-0.4, -0.2) is 60.6 Å². The van der Waals surface area contributed by atoms with Crippen molar-refractivity contribution < 1.29 is 56.3 Å². The van der Waals surface area contributed by atoms with E-state index in [1.807, 2.05) is 0 Å². The molecule has 1 aliphatic carbocycles. The molecule has 1 heterocycles. The summed E-state index contributed by atoms with van der Waals surface area (Å²) in [5.41, 5.74) is -10.2. The molecular formula is C19H18F6N2O7S2. The maximum absolute atomic E-state index is 12.9. The van der Waals surface area contributed by atoms with Crippen molar-refractivity contribution in [2.45, 2.75) is 11.0 Å². The zero-order valence-corrected chi connectivity index (χ0v) is 20.4.